The van der Waals surface area contributed by atoms with Crippen LogP contribution >= 0.6 is 0 Å². The van der Waals surface area contributed by atoms with Gasteiger partial charge in [-0.3, -0.25) is 4.79 Å². The van der Waals surface area contributed by atoms with E-state index < -0.39 is 0 Å². The number of amides is 1. The third kappa shape index (κ3) is 4.25. The first-order valence-electron chi connectivity index (χ1n) is 9.91. The van der Waals surface area contributed by atoms with Crippen molar-refractivity contribution in [3.63, 3.8) is 0 Å². The van der Waals surface area contributed by atoms with Crippen LogP contribution in [0.15, 0.2) is 84.9 Å². The highest BCUT2D eigenvalue weighted by molar-refractivity contribution is 6.04. The SMILES string of the molecule is CCOc1ccc(NC(=O)c2ccc(-n3nc(C)cc3-c3ccccc3)cc2)cc1. The smallest absolute Gasteiger partial charge is 0.255 e. The average molecular weight is 397 g/mol. The van der Waals surface area contributed by atoms with Gasteiger partial charge < -0.3 is 10.1 Å². The number of rotatable bonds is 6. The van der Waals surface area contributed by atoms with Crippen LogP contribution in [-0.2, 0) is 0 Å². The molecular formula is C25H23N3O2. The second-order valence-corrected chi connectivity index (χ2v) is 6.91. The maximum atomic E-state index is 12.6. The van der Waals surface area contributed by atoms with E-state index in [4.69, 9.17) is 4.74 Å². The van der Waals surface area contributed by atoms with Crippen LogP contribution < -0.4 is 10.1 Å². The molecule has 0 aliphatic rings. The molecule has 0 atom stereocenters. The van der Waals surface area contributed by atoms with E-state index in [-0.39, 0.29) is 5.91 Å². The second-order valence-electron chi connectivity index (χ2n) is 6.91. The van der Waals surface area contributed by atoms with E-state index in [1.807, 2.05) is 85.3 Å². The molecule has 1 amide bonds. The molecule has 150 valence electrons. The van der Waals surface area contributed by atoms with E-state index in [9.17, 15) is 4.79 Å². The van der Waals surface area contributed by atoms with Gasteiger partial charge in [0, 0.05) is 16.8 Å². The summed E-state index contributed by atoms with van der Waals surface area (Å²) in [6, 6.07) is 27.0. The number of hydrogen-bond donors (Lipinski definition) is 1. The van der Waals surface area contributed by atoms with Gasteiger partial charge in [0.2, 0.25) is 0 Å². The van der Waals surface area contributed by atoms with E-state index in [0.717, 1.165) is 34.1 Å². The first-order chi connectivity index (χ1) is 14.6. The van der Waals surface area contributed by atoms with Crippen LogP contribution in [0.1, 0.15) is 23.0 Å². The molecule has 0 radical (unpaired) electrons. The summed E-state index contributed by atoms with van der Waals surface area (Å²) >= 11 is 0. The number of carbonyl (C=O) groups excluding carboxylic acids is 1. The van der Waals surface area contributed by atoms with Gasteiger partial charge in [-0.2, -0.15) is 5.10 Å². The monoisotopic (exact) mass is 397 g/mol. The Morgan fingerprint density at radius 3 is 2.33 bits per heavy atom. The second kappa shape index (κ2) is 8.66. The van der Waals surface area contributed by atoms with Gasteiger partial charge in [-0.1, -0.05) is 30.3 Å². The number of nitrogens with zero attached hydrogens (tertiary/aromatic N) is 2. The molecule has 0 fully saturated rings. The summed E-state index contributed by atoms with van der Waals surface area (Å²) in [7, 11) is 0. The van der Waals surface area contributed by atoms with Gasteiger partial charge in [-0.25, -0.2) is 4.68 Å². The molecule has 0 spiro atoms. The minimum atomic E-state index is -0.161. The fourth-order valence-electron chi connectivity index (χ4n) is 3.27. The molecule has 1 N–H and O–H groups in total. The zero-order valence-corrected chi connectivity index (χ0v) is 17.0. The molecule has 0 unspecified atom stereocenters. The summed E-state index contributed by atoms with van der Waals surface area (Å²) in [4.78, 5) is 12.6. The summed E-state index contributed by atoms with van der Waals surface area (Å²) in [5, 5.41) is 7.54. The molecule has 5 heteroatoms. The average Bonchev–Trinajstić information content (AvgIpc) is 3.18. The standard InChI is InChI=1S/C25H23N3O2/c1-3-30-23-15-11-21(12-16-23)26-25(29)20-9-13-22(14-10-20)28-24(17-18(2)27-28)19-7-5-4-6-8-19/h4-17H,3H2,1-2H3,(H,26,29). The van der Waals surface area contributed by atoms with Gasteiger partial charge in [0.1, 0.15) is 5.75 Å². The molecule has 4 aromatic rings. The summed E-state index contributed by atoms with van der Waals surface area (Å²) in [5.41, 5.74) is 5.25. The molecular weight excluding hydrogens is 374 g/mol. The van der Waals surface area contributed by atoms with Crippen LogP contribution in [0.25, 0.3) is 16.9 Å². The number of anilines is 1. The number of benzene rings is 3. The van der Waals surface area contributed by atoms with Crippen molar-refractivity contribution >= 4 is 11.6 Å². The molecule has 0 saturated carbocycles. The lowest BCUT2D eigenvalue weighted by atomic mass is 10.1. The first-order valence-corrected chi connectivity index (χ1v) is 9.91. The van der Waals surface area contributed by atoms with E-state index in [1.165, 1.54) is 0 Å². The minimum absolute atomic E-state index is 0.161. The molecule has 4 rings (SSSR count). The van der Waals surface area contributed by atoms with Gasteiger partial charge in [0.25, 0.3) is 5.91 Å². The van der Waals surface area contributed by atoms with Crippen molar-refractivity contribution in [2.45, 2.75) is 13.8 Å². The Bertz CT molecular complexity index is 1130. The van der Waals surface area contributed by atoms with Crippen molar-refractivity contribution in [2.75, 3.05) is 11.9 Å². The highest BCUT2D eigenvalue weighted by Crippen LogP contribution is 2.24. The fourth-order valence-corrected chi connectivity index (χ4v) is 3.27. The van der Waals surface area contributed by atoms with Crippen LogP contribution in [-0.4, -0.2) is 22.3 Å². The lowest BCUT2D eigenvalue weighted by Crippen LogP contribution is -2.12. The lowest BCUT2D eigenvalue weighted by molar-refractivity contribution is 0.102. The Hall–Kier alpha value is -3.86. The topological polar surface area (TPSA) is 56.1 Å². The van der Waals surface area contributed by atoms with Crippen LogP contribution in [0, 0.1) is 6.92 Å². The Morgan fingerprint density at radius 2 is 1.67 bits per heavy atom. The van der Waals surface area contributed by atoms with Crippen molar-refractivity contribution in [3.8, 4) is 22.7 Å². The molecule has 5 nitrogen and oxygen atoms in total. The van der Waals surface area contributed by atoms with Crippen LogP contribution in [0.5, 0.6) is 5.75 Å². The summed E-state index contributed by atoms with van der Waals surface area (Å²) < 4.78 is 7.33. The maximum absolute atomic E-state index is 12.6. The molecule has 0 saturated heterocycles. The highest BCUT2D eigenvalue weighted by atomic mass is 16.5. The minimum Gasteiger partial charge on any atom is -0.494 e. The van der Waals surface area contributed by atoms with Gasteiger partial charge in [-0.05, 0) is 68.4 Å². The lowest BCUT2D eigenvalue weighted by Gasteiger charge is -2.10. The Morgan fingerprint density at radius 1 is 0.967 bits per heavy atom. The van der Waals surface area contributed by atoms with Crippen LogP contribution in [0.2, 0.25) is 0 Å². The Balaban J connectivity index is 1.53. The van der Waals surface area contributed by atoms with Crippen LogP contribution in [0.3, 0.4) is 0 Å². The molecule has 1 aromatic heterocycles. The van der Waals surface area contributed by atoms with E-state index in [1.54, 1.807) is 0 Å². The molecule has 3 aromatic carbocycles. The molecule has 1 heterocycles. The Labute approximate surface area is 175 Å². The highest BCUT2D eigenvalue weighted by Gasteiger charge is 2.11. The Kier molecular flexibility index (Phi) is 5.61. The molecule has 0 bridgehead atoms. The third-order valence-corrected chi connectivity index (χ3v) is 4.70. The largest absolute Gasteiger partial charge is 0.494 e. The van der Waals surface area contributed by atoms with Gasteiger partial charge in [0.15, 0.2) is 0 Å². The predicted octanol–water partition coefficient (Wildman–Crippen LogP) is 5.50. The van der Waals surface area contributed by atoms with E-state index in [2.05, 4.69) is 28.6 Å². The quantitative estimate of drug-likeness (QED) is 0.467. The number of hydrogen-bond acceptors (Lipinski definition) is 3. The van der Waals surface area contributed by atoms with Crippen molar-refractivity contribution < 1.29 is 9.53 Å². The molecule has 0 aliphatic heterocycles. The number of nitrogens with one attached hydrogen (secondary N) is 1. The van der Waals surface area contributed by atoms with Gasteiger partial charge in [0.05, 0.1) is 23.7 Å². The first kappa shape index (κ1) is 19.5. The van der Waals surface area contributed by atoms with Crippen molar-refractivity contribution in [3.05, 3.63) is 96.2 Å². The molecule has 30 heavy (non-hydrogen) atoms. The number of carbonyl (C=O) groups is 1. The fraction of sp³-hybridized carbons (Fsp3) is 0.120. The zero-order valence-electron chi connectivity index (χ0n) is 17.0. The zero-order chi connectivity index (χ0) is 20.9. The van der Waals surface area contributed by atoms with Crippen molar-refractivity contribution in [1.82, 2.24) is 9.78 Å². The summed E-state index contributed by atoms with van der Waals surface area (Å²) in [5.74, 6) is 0.620. The van der Waals surface area contributed by atoms with Gasteiger partial charge in [-0.15, -0.1) is 0 Å². The van der Waals surface area contributed by atoms with Crippen LogP contribution in [0.4, 0.5) is 5.69 Å². The normalized spacial score (nSPS) is 10.6. The summed E-state index contributed by atoms with van der Waals surface area (Å²) in [6.45, 7) is 4.52. The number of aromatic nitrogens is 2. The third-order valence-electron chi connectivity index (χ3n) is 4.70. The van der Waals surface area contributed by atoms with E-state index >= 15 is 0 Å². The van der Waals surface area contributed by atoms with E-state index in [0.29, 0.717) is 12.2 Å². The van der Waals surface area contributed by atoms with Crippen molar-refractivity contribution in [1.29, 1.82) is 0 Å². The number of ether oxygens (including phenoxy) is 1. The maximum Gasteiger partial charge on any atom is 0.255 e. The van der Waals surface area contributed by atoms with Gasteiger partial charge >= 0.3 is 0 Å². The number of aryl methyl sites for hydroxylation is 1. The molecule has 0 aliphatic carbocycles. The predicted molar refractivity (Wildman–Crippen MR) is 119 cm³/mol. The van der Waals surface area contributed by atoms with Crippen molar-refractivity contribution in [2.24, 2.45) is 0 Å². The summed E-state index contributed by atoms with van der Waals surface area (Å²) in [6.07, 6.45) is 0.